The third-order valence-electron chi connectivity index (χ3n) is 4.28. The molecular weight excluding hydrogens is 394 g/mol. The molecular formula is C21H30F2N4O3. The van der Waals surface area contributed by atoms with E-state index in [-0.39, 0.29) is 24.1 Å². The Labute approximate surface area is 176 Å². The summed E-state index contributed by atoms with van der Waals surface area (Å²) in [5.41, 5.74) is 0.508. The normalized spacial score (nSPS) is 12.9. The van der Waals surface area contributed by atoms with Crippen LogP contribution in [0.3, 0.4) is 0 Å². The smallest absolute Gasteiger partial charge is 0.387 e. The molecule has 0 bridgehead atoms. The molecule has 1 atom stereocenters. The van der Waals surface area contributed by atoms with Gasteiger partial charge in [-0.15, -0.1) is 0 Å². The molecule has 2 N–H and O–H groups in total. The van der Waals surface area contributed by atoms with Crippen LogP contribution in [-0.2, 0) is 6.54 Å². The number of nitrogens with one attached hydrogen (secondary N) is 2. The first kappa shape index (κ1) is 23.5. The fourth-order valence-corrected chi connectivity index (χ4v) is 2.90. The molecule has 0 aliphatic heterocycles. The maximum Gasteiger partial charge on any atom is 0.387 e. The summed E-state index contributed by atoms with van der Waals surface area (Å²) in [5, 5.41) is 6.44. The van der Waals surface area contributed by atoms with Gasteiger partial charge in [0.1, 0.15) is 5.76 Å². The third kappa shape index (κ3) is 6.91. The highest BCUT2D eigenvalue weighted by molar-refractivity contribution is 5.79. The lowest BCUT2D eigenvalue weighted by atomic mass is 10.2. The van der Waals surface area contributed by atoms with Crippen LogP contribution < -0.4 is 20.1 Å². The quantitative estimate of drug-likeness (QED) is 0.424. The van der Waals surface area contributed by atoms with E-state index in [2.05, 4.69) is 15.6 Å². The zero-order valence-electron chi connectivity index (χ0n) is 17.8. The van der Waals surface area contributed by atoms with Crippen molar-refractivity contribution >= 4 is 5.96 Å². The number of ether oxygens (including phenoxy) is 2. The average Bonchev–Trinajstić information content (AvgIpc) is 3.22. The van der Waals surface area contributed by atoms with Gasteiger partial charge >= 0.3 is 6.61 Å². The van der Waals surface area contributed by atoms with Gasteiger partial charge in [0.05, 0.1) is 25.5 Å². The number of furan rings is 1. The molecule has 1 unspecified atom stereocenters. The third-order valence-corrected chi connectivity index (χ3v) is 4.28. The predicted octanol–water partition coefficient (Wildman–Crippen LogP) is 3.64. The number of likely N-dealkylation sites (N-methyl/N-ethyl adjacent to an activating group) is 1. The standard InChI is InChI=1S/C21H30F2N4O3/c1-5-24-21(26-14-16(27(3)4)17-11-8-12-29-17)25-13-15-9-7-10-18(28-6-2)19(15)30-20(22)23/h7-12,16,20H,5-6,13-14H2,1-4H3,(H2,24,25,26). The van der Waals surface area contributed by atoms with Crippen LogP contribution in [0.25, 0.3) is 0 Å². The summed E-state index contributed by atoms with van der Waals surface area (Å²) < 4.78 is 41.5. The lowest BCUT2D eigenvalue weighted by Crippen LogP contribution is -2.41. The number of hydrogen-bond donors (Lipinski definition) is 2. The number of para-hydroxylation sites is 1. The molecule has 0 spiro atoms. The van der Waals surface area contributed by atoms with E-state index in [1.165, 1.54) is 0 Å². The molecule has 2 rings (SSSR count). The zero-order valence-corrected chi connectivity index (χ0v) is 17.8. The predicted molar refractivity (Wildman–Crippen MR) is 112 cm³/mol. The largest absolute Gasteiger partial charge is 0.490 e. The van der Waals surface area contributed by atoms with Gasteiger partial charge in [-0.05, 0) is 46.1 Å². The van der Waals surface area contributed by atoms with E-state index in [1.807, 2.05) is 38.1 Å². The Morgan fingerprint density at radius 1 is 1.17 bits per heavy atom. The van der Waals surface area contributed by atoms with E-state index in [4.69, 9.17) is 13.9 Å². The van der Waals surface area contributed by atoms with Gasteiger partial charge in [0.25, 0.3) is 0 Å². The first-order valence-electron chi connectivity index (χ1n) is 9.87. The summed E-state index contributed by atoms with van der Waals surface area (Å²) in [6.07, 6.45) is 1.64. The van der Waals surface area contributed by atoms with Gasteiger partial charge in [-0.2, -0.15) is 8.78 Å². The Kier molecular flexibility index (Phi) is 9.40. The minimum Gasteiger partial charge on any atom is -0.490 e. The number of nitrogens with zero attached hydrogens (tertiary/aromatic N) is 2. The second kappa shape index (κ2) is 12.0. The first-order valence-corrected chi connectivity index (χ1v) is 9.87. The molecule has 0 aliphatic rings. The molecule has 0 aliphatic carbocycles. The highest BCUT2D eigenvalue weighted by Crippen LogP contribution is 2.33. The lowest BCUT2D eigenvalue weighted by molar-refractivity contribution is -0.0520. The number of benzene rings is 1. The molecule has 0 fully saturated rings. The van der Waals surface area contributed by atoms with Crippen molar-refractivity contribution in [2.75, 3.05) is 33.8 Å². The van der Waals surface area contributed by atoms with Crippen molar-refractivity contribution in [3.05, 3.63) is 47.9 Å². The summed E-state index contributed by atoms with van der Waals surface area (Å²) in [6, 6.07) is 8.79. The summed E-state index contributed by atoms with van der Waals surface area (Å²) in [6.45, 7) is 2.47. The molecule has 30 heavy (non-hydrogen) atoms. The van der Waals surface area contributed by atoms with E-state index in [0.717, 1.165) is 5.76 Å². The zero-order chi connectivity index (χ0) is 21.9. The minimum absolute atomic E-state index is 0.00265. The number of alkyl halides is 2. The fraction of sp³-hybridized carbons (Fsp3) is 0.476. The van der Waals surface area contributed by atoms with Crippen LogP contribution in [0, 0.1) is 0 Å². The van der Waals surface area contributed by atoms with Crippen molar-refractivity contribution in [2.45, 2.75) is 33.0 Å². The highest BCUT2D eigenvalue weighted by atomic mass is 19.3. The van der Waals surface area contributed by atoms with Crippen molar-refractivity contribution in [3.8, 4) is 11.5 Å². The Bertz CT molecular complexity index is 783. The van der Waals surface area contributed by atoms with E-state index < -0.39 is 6.61 Å². The van der Waals surface area contributed by atoms with Crippen LogP contribution in [0.1, 0.15) is 31.2 Å². The first-order chi connectivity index (χ1) is 14.5. The van der Waals surface area contributed by atoms with Crippen LogP contribution in [0.15, 0.2) is 46.0 Å². The highest BCUT2D eigenvalue weighted by Gasteiger charge is 2.18. The topological polar surface area (TPSA) is 71.3 Å². The molecule has 0 saturated heterocycles. The molecule has 0 radical (unpaired) electrons. The monoisotopic (exact) mass is 424 g/mol. The van der Waals surface area contributed by atoms with Crippen LogP contribution in [-0.4, -0.2) is 51.3 Å². The number of aliphatic imine (C=N–C) groups is 1. The van der Waals surface area contributed by atoms with Crippen LogP contribution in [0.5, 0.6) is 11.5 Å². The molecule has 9 heteroatoms. The van der Waals surface area contributed by atoms with Gasteiger partial charge in [-0.1, -0.05) is 12.1 Å². The Hall–Kier alpha value is -2.81. The minimum atomic E-state index is -2.95. The van der Waals surface area contributed by atoms with Crippen LogP contribution in [0.4, 0.5) is 8.78 Å². The maximum atomic E-state index is 12.9. The molecule has 0 amide bonds. The van der Waals surface area contributed by atoms with Crippen molar-refractivity contribution < 1.29 is 22.7 Å². The summed E-state index contributed by atoms with van der Waals surface area (Å²) in [4.78, 5) is 6.57. The number of halogens is 2. The lowest BCUT2D eigenvalue weighted by Gasteiger charge is -2.23. The Morgan fingerprint density at radius 3 is 2.57 bits per heavy atom. The maximum absolute atomic E-state index is 12.9. The summed E-state index contributed by atoms with van der Waals surface area (Å²) in [7, 11) is 3.93. The molecule has 2 aromatic rings. The van der Waals surface area contributed by atoms with Gasteiger partial charge in [0.15, 0.2) is 17.5 Å². The second-order valence-corrected chi connectivity index (χ2v) is 6.63. The van der Waals surface area contributed by atoms with Gasteiger partial charge < -0.3 is 24.5 Å². The second-order valence-electron chi connectivity index (χ2n) is 6.63. The average molecular weight is 424 g/mol. The molecule has 166 valence electrons. The Balaban J connectivity index is 2.16. The van der Waals surface area contributed by atoms with Crippen molar-refractivity contribution in [1.82, 2.24) is 15.5 Å². The van der Waals surface area contributed by atoms with Crippen molar-refractivity contribution in [3.63, 3.8) is 0 Å². The summed E-state index contributed by atoms with van der Waals surface area (Å²) >= 11 is 0. The number of hydrogen-bond acceptors (Lipinski definition) is 5. The van der Waals surface area contributed by atoms with E-state index in [0.29, 0.717) is 31.2 Å². The fourth-order valence-electron chi connectivity index (χ4n) is 2.90. The van der Waals surface area contributed by atoms with E-state index in [1.54, 1.807) is 31.4 Å². The molecule has 1 heterocycles. The van der Waals surface area contributed by atoms with E-state index >= 15 is 0 Å². The molecule has 7 nitrogen and oxygen atoms in total. The van der Waals surface area contributed by atoms with Gasteiger partial charge in [0.2, 0.25) is 0 Å². The van der Waals surface area contributed by atoms with E-state index in [9.17, 15) is 8.78 Å². The van der Waals surface area contributed by atoms with Gasteiger partial charge in [-0.25, -0.2) is 4.99 Å². The Morgan fingerprint density at radius 2 is 1.97 bits per heavy atom. The number of guanidine groups is 1. The van der Waals surface area contributed by atoms with Crippen LogP contribution in [0.2, 0.25) is 0 Å². The van der Waals surface area contributed by atoms with Gasteiger partial charge in [-0.3, -0.25) is 4.90 Å². The van der Waals surface area contributed by atoms with Crippen molar-refractivity contribution in [1.29, 1.82) is 0 Å². The van der Waals surface area contributed by atoms with Gasteiger partial charge in [0, 0.05) is 18.7 Å². The molecule has 1 aromatic carbocycles. The summed E-state index contributed by atoms with van der Waals surface area (Å²) in [5.74, 6) is 1.67. The van der Waals surface area contributed by atoms with Crippen LogP contribution >= 0.6 is 0 Å². The molecule has 0 saturated carbocycles. The van der Waals surface area contributed by atoms with Crippen molar-refractivity contribution in [2.24, 2.45) is 4.99 Å². The molecule has 1 aromatic heterocycles. The SMILES string of the molecule is CCNC(=NCc1cccc(OCC)c1OC(F)F)NCC(c1ccco1)N(C)C. The number of rotatable bonds is 11.